The van der Waals surface area contributed by atoms with Crippen LogP contribution in [0.3, 0.4) is 0 Å². The highest BCUT2D eigenvalue weighted by molar-refractivity contribution is 9.10. The fraction of sp³-hybridized carbons (Fsp3) is 0.0625. The Morgan fingerprint density at radius 2 is 1.65 bits per heavy atom. The molecule has 2 aromatic carbocycles. The minimum absolute atomic E-state index is 0.714. The summed E-state index contributed by atoms with van der Waals surface area (Å²) < 4.78 is 11.5. The molecule has 0 bridgehead atoms. The summed E-state index contributed by atoms with van der Waals surface area (Å²) in [6.07, 6.45) is 0. The largest absolute Gasteiger partial charge is 0.497 e. The normalized spacial score (nSPS) is 10.5. The highest BCUT2D eigenvalue weighted by Gasteiger charge is 2.16. The summed E-state index contributed by atoms with van der Waals surface area (Å²) in [5, 5.41) is 4.15. The smallest absolute Gasteiger partial charge is 0.181 e. The van der Waals surface area contributed by atoms with Gasteiger partial charge in [0.25, 0.3) is 0 Å². The fourth-order valence-corrected chi connectivity index (χ4v) is 2.58. The number of nitrogens with zero attached hydrogens (tertiary/aromatic N) is 1. The van der Waals surface area contributed by atoms with E-state index in [2.05, 4.69) is 21.1 Å². The molecule has 100 valence electrons. The van der Waals surface area contributed by atoms with Crippen molar-refractivity contribution in [1.29, 1.82) is 0 Å². The zero-order valence-corrected chi connectivity index (χ0v) is 12.4. The van der Waals surface area contributed by atoms with Gasteiger partial charge >= 0.3 is 0 Å². The van der Waals surface area contributed by atoms with Gasteiger partial charge in [0.15, 0.2) is 5.76 Å². The van der Waals surface area contributed by atoms with Crippen molar-refractivity contribution < 1.29 is 9.26 Å². The average Bonchev–Trinajstić information content (AvgIpc) is 2.90. The van der Waals surface area contributed by atoms with E-state index >= 15 is 0 Å². The van der Waals surface area contributed by atoms with Crippen LogP contribution in [0.5, 0.6) is 5.75 Å². The zero-order chi connectivity index (χ0) is 13.9. The highest BCUT2D eigenvalue weighted by Crippen LogP contribution is 2.36. The molecular formula is C16H12BrNO2. The Morgan fingerprint density at radius 3 is 2.30 bits per heavy atom. The Morgan fingerprint density at radius 1 is 0.950 bits per heavy atom. The SMILES string of the molecule is COc1ccc(-c2onc(-c3ccccc3)c2Br)cc1. The second-order valence-corrected chi connectivity index (χ2v) is 5.06. The molecule has 20 heavy (non-hydrogen) atoms. The van der Waals surface area contributed by atoms with Crippen molar-refractivity contribution in [2.75, 3.05) is 7.11 Å². The van der Waals surface area contributed by atoms with Crippen LogP contribution in [0.25, 0.3) is 22.6 Å². The van der Waals surface area contributed by atoms with E-state index in [-0.39, 0.29) is 0 Å². The van der Waals surface area contributed by atoms with Crippen LogP contribution in [-0.2, 0) is 0 Å². The second kappa shape index (κ2) is 5.51. The number of halogens is 1. The molecule has 0 spiro atoms. The van der Waals surface area contributed by atoms with Crippen LogP contribution in [0.2, 0.25) is 0 Å². The maximum atomic E-state index is 5.47. The van der Waals surface area contributed by atoms with E-state index in [1.165, 1.54) is 0 Å². The molecule has 1 aromatic heterocycles. The lowest BCUT2D eigenvalue weighted by molar-refractivity contribution is 0.414. The summed E-state index contributed by atoms with van der Waals surface area (Å²) in [5.74, 6) is 1.53. The first kappa shape index (κ1) is 12.9. The minimum atomic E-state index is 0.714. The van der Waals surface area contributed by atoms with Gasteiger partial charge in [-0.2, -0.15) is 0 Å². The average molecular weight is 330 g/mol. The van der Waals surface area contributed by atoms with Gasteiger partial charge in [-0.3, -0.25) is 0 Å². The molecule has 0 N–H and O–H groups in total. The Balaban J connectivity index is 2.01. The maximum Gasteiger partial charge on any atom is 0.181 e. The third-order valence-electron chi connectivity index (χ3n) is 3.03. The first-order valence-electron chi connectivity index (χ1n) is 6.14. The van der Waals surface area contributed by atoms with Crippen molar-refractivity contribution in [3.8, 4) is 28.3 Å². The van der Waals surface area contributed by atoms with Gasteiger partial charge in [0.05, 0.1) is 11.6 Å². The summed E-state index contributed by atoms with van der Waals surface area (Å²) in [5.41, 5.74) is 2.77. The summed E-state index contributed by atoms with van der Waals surface area (Å²) in [4.78, 5) is 0. The van der Waals surface area contributed by atoms with Crippen LogP contribution in [-0.4, -0.2) is 12.3 Å². The third kappa shape index (κ3) is 2.34. The van der Waals surface area contributed by atoms with Crippen LogP contribution < -0.4 is 4.74 Å². The number of rotatable bonds is 3. The molecule has 0 saturated heterocycles. The Kier molecular flexibility index (Phi) is 3.56. The first-order chi connectivity index (χ1) is 9.79. The van der Waals surface area contributed by atoms with Crippen molar-refractivity contribution in [3.63, 3.8) is 0 Å². The number of methoxy groups -OCH3 is 1. The molecule has 0 atom stereocenters. The van der Waals surface area contributed by atoms with E-state index in [4.69, 9.17) is 9.26 Å². The Hall–Kier alpha value is -2.07. The second-order valence-electron chi connectivity index (χ2n) is 4.27. The van der Waals surface area contributed by atoms with Crippen molar-refractivity contribution in [1.82, 2.24) is 5.16 Å². The van der Waals surface area contributed by atoms with E-state index in [1.54, 1.807) is 7.11 Å². The molecule has 0 radical (unpaired) electrons. The lowest BCUT2D eigenvalue weighted by Gasteiger charge is -2.01. The number of ether oxygens (including phenoxy) is 1. The van der Waals surface area contributed by atoms with Gasteiger partial charge < -0.3 is 9.26 Å². The lowest BCUT2D eigenvalue weighted by Crippen LogP contribution is -1.82. The Labute approximate surface area is 125 Å². The summed E-state index contributed by atoms with van der Waals surface area (Å²) in [7, 11) is 1.65. The monoisotopic (exact) mass is 329 g/mol. The molecule has 0 amide bonds. The molecular weight excluding hydrogens is 318 g/mol. The van der Waals surface area contributed by atoms with Crippen LogP contribution in [0.15, 0.2) is 63.6 Å². The van der Waals surface area contributed by atoms with Crippen LogP contribution in [0, 0.1) is 0 Å². The number of benzene rings is 2. The van der Waals surface area contributed by atoms with Crippen molar-refractivity contribution in [2.24, 2.45) is 0 Å². The lowest BCUT2D eigenvalue weighted by atomic mass is 10.1. The summed E-state index contributed by atoms with van der Waals surface area (Å²) in [6, 6.07) is 17.6. The molecule has 1 heterocycles. The van der Waals surface area contributed by atoms with Crippen molar-refractivity contribution >= 4 is 15.9 Å². The maximum absolute atomic E-state index is 5.47. The Bertz CT molecular complexity index is 705. The predicted octanol–water partition coefficient (Wildman–Crippen LogP) is 4.78. The zero-order valence-electron chi connectivity index (χ0n) is 10.8. The quantitative estimate of drug-likeness (QED) is 0.693. The molecule has 0 saturated carbocycles. The van der Waals surface area contributed by atoms with Crippen molar-refractivity contribution in [3.05, 3.63) is 59.1 Å². The molecule has 3 nitrogen and oxygen atoms in total. The number of hydrogen-bond donors (Lipinski definition) is 0. The topological polar surface area (TPSA) is 35.3 Å². The van der Waals surface area contributed by atoms with E-state index < -0.39 is 0 Å². The number of aromatic nitrogens is 1. The summed E-state index contributed by atoms with van der Waals surface area (Å²) in [6.45, 7) is 0. The molecule has 0 unspecified atom stereocenters. The van der Waals surface area contributed by atoms with Crippen molar-refractivity contribution in [2.45, 2.75) is 0 Å². The highest BCUT2D eigenvalue weighted by atomic mass is 79.9. The van der Waals surface area contributed by atoms with Crippen LogP contribution in [0.1, 0.15) is 0 Å². The molecule has 3 aromatic rings. The fourth-order valence-electron chi connectivity index (χ4n) is 1.98. The summed E-state index contributed by atoms with van der Waals surface area (Å²) >= 11 is 3.57. The first-order valence-corrected chi connectivity index (χ1v) is 6.94. The predicted molar refractivity (Wildman–Crippen MR) is 81.6 cm³/mol. The van der Waals surface area contributed by atoms with E-state index in [9.17, 15) is 0 Å². The minimum Gasteiger partial charge on any atom is -0.497 e. The molecule has 0 aliphatic heterocycles. The molecule has 0 aliphatic carbocycles. The van der Waals surface area contributed by atoms with E-state index in [0.717, 1.165) is 27.0 Å². The van der Waals surface area contributed by atoms with Gasteiger partial charge in [-0.05, 0) is 40.2 Å². The van der Waals surface area contributed by atoms with Gasteiger partial charge in [0.1, 0.15) is 11.4 Å². The standard InChI is InChI=1S/C16H12BrNO2/c1-19-13-9-7-12(8-10-13)16-14(17)15(18-20-16)11-5-3-2-4-6-11/h2-10H,1H3. The van der Waals surface area contributed by atoms with Gasteiger partial charge in [0, 0.05) is 11.1 Å². The molecule has 0 fully saturated rings. The van der Waals surface area contributed by atoms with Crippen LogP contribution in [0.4, 0.5) is 0 Å². The van der Waals surface area contributed by atoms with E-state index in [0.29, 0.717) is 5.76 Å². The van der Waals surface area contributed by atoms with Gasteiger partial charge in [-0.15, -0.1) is 0 Å². The van der Waals surface area contributed by atoms with Gasteiger partial charge in [-0.1, -0.05) is 35.5 Å². The molecule has 0 aliphatic rings. The van der Waals surface area contributed by atoms with Gasteiger partial charge in [0.2, 0.25) is 0 Å². The van der Waals surface area contributed by atoms with Gasteiger partial charge in [-0.25, -0.2) is 0 Å². The third-order valence-corrected chi connectivity index (χ3v) is 3.77. The molecule has 4 heteroatoms. The van der Waals surface area contributed by atoms with Crippen LogP contribution >= 0.6 is 15.9 Å². The molecule has 3 rings (SSSR count). The number of hydrogen-bond acceptors (Lipinski definition) is 3. The van der Waals surface area contributed by atoms with E-state index in [1.807, 2.05) is 54.6 Å².